The summed E-state index contributed by atoms with van der Waals surface area (Å²) in [6, 6.07) is 4.10. The van der Waals surface area contributed by atoms with Crippen molar-refractivity contribution in [2.24, 2.45) is 5.73 Å². The second-order valence-corrected chi connectivity index (χ2v) is 8.00. The number of carbonyl (C=O) groups excluding carboxylic acids is 2. The van der Waals surface area contributed by atoms with Gasteiger partial charge in [-0.1, -0.05) is 13.8 Å². The number of rotatable bonds is 5. The van der Waals surface area contributed by atoms with E-state index in [0.717, 1.165) is 11.3 Å². The summed E-state index contributed by atoms with van der Waals surface area (Å²) < 4.78 is 14.8. The largest absolute Gasteiger partial charge is 0.365 e. The normalized spacial score (nSPS) is 11.4. The molecule has 3 aromatic rings. The number of nitrogens with zero attached hydrogens (tertiary/aromatic N) is 2. The highest BCUT2D eigenvalue weighted by atomic mass is 32.1. The second kappa shape index (κ2) is 7.27. The van der Waals surface area contributed by atoms with Gasteiger partial charge in [0.1, 0.15) is 16.5 Å². The summed E-state index contributed by atoms with van der Waals surface area (Å²) in [5.41, 5.74) is 6.16. The van der Waals surface area contributed by atoms with E-state index >= 15 is 0 Å². The fourth-order valence-corrected chi connectivity index (χ4v) is 4.14. The summed E-state index contributed by atoms with van der Waals surface area (Å²) in [4.78, 5) is 42.8. The molecular weight excluding hydrogens is 381 g/mol. The van der Waals surface area contributed by atoms with Crippen LogP contribution in [0.15, 0.2) is 23.0 Å². The molecule has 0 aliphatic heterocycles. The van der Waals surface area contributed by atoms with Gasteiger partial charge in [0, 0.05) is 11.5 Å². The minimum absolute atomic E-state index is 0.126. The van der Waals surface area contributed by atoms with Crippen LogP contribution in [0.25, 0.3) is 10.2 Å². The van der Waals surface area contributed by atoms with Crippen molar-refractivity contribution < 1.29 is 14.0 Å². The van der Waals surface area contributed by atoms with Crippen molar-refractivity contribution in [3.63, 3.8) is 0 Å². The Morgan fingerprint density at radius 2 is 1.96 bits per heavy atom. The van der Waals surface area contributed by atoms with Crippen molar-refractivity contribution in [1.82, 2.24) is 9.55 Å². The summed E-state index contributed by atoms with van der Waals surface area (Å²) in [5, 5.41) is 0.297. The third kappa shape index (κ3) is 3.35. The number of fused-ring (bicyclic) bond motifs is 1. The van der Waals surface area contributed by atoms with Gasteiger partial charge in [0.15, 0.2) is 5.78 Å². The first-order valence-corrected chi connectivity index (χ1v) is 9.56. The van der Waals surface area contributed by atoms with E-state index in [4.69, 9.17) is 5.73 Å². The van der Waals surface area contributed by atoms with Gasteiger partial charge in [-0.05, 0) is 43.2 Å². The minimum Gasteiger partial charge on any atom is -0.365 e. The van der Waals surface area contributed by atoms with Crippen LogP contribution in [0.5, 0.6) is 0 Å². The fourth-order valence-electron chi connectivity index (χ4n) is 3.11. The standard InChI is InChI=1S/C20H20FN3O3S/c1-9(2)18-23-19-15(11(4)16(28-19)17(22)26)20(27)24(18)8-14(25)12-5-6-13(21)10(3)7-12/h5-7,9H,8H2,1-4H3,(H2,22,26). The summed E-state index contributed by atoms with van der Waals surface area (Å²) >= 11 is 1.08. The number of nitrogens with two attached hydrogens (primary N) is 1. The lowest BCUT2D eigenvalue weighted by Crippen LogP contribution is -2.29. The van der Waals surface area contributed by atoms with Gasteiger partial charge in [0.2, 0.25) is 0 Å². The molecule has 1 amide bonds. The average Bonchev–Trinajstić information content (AvgIpc) is 2.96. The van der Waals surface area contributed by atoms with Crippen LogP contribution in [0.4, 0.5) is 4.39 Å². The van der Waals surface area contributed by atoms with E-state index in [-0.39, 0.29) is 28.7 Å². The number of primary amides is 1. The second-order valence-electron chi connectivity index (χ2n) is 7.00. The molecule has 0 bridgehead atoms. The molecule has 3 rings (SSSR count). The van der Waals surface area contributed by atoms with Gasteiger partial charge in [-0.3, -0.25) is 19.0 Å². The van der Waals surface area contributed by atoms with Gasteiger partial charge < -0.3 is 5.73 Å². The number of ketones is 1. The highest BCUT2D eigenvalue weighted by molar-refractivity contribution is 7.20. The molecule has 0 unspecified atom stereocenters. The van der Waals surface area contributed by atoms with Crippen molar-refractivity contribution in [1.29, 1.82) is 0 Å². The summed E-state index contributed by atoms with van der Waals surface area (Å²) in [6.07, 6.45) is 0. The number of hydrogen-bond donors (Lipinski definition) is 1. The number of hydrogen-bond acceptors (Lipinski definition) is 5. The van der Waals surface area contributed by atoms with E-state index in [1.807, 2.05) is 13.8 Å². The molecule has 6 nitrogen and oxygen atoms in total. The first-order valence-electron chi connectivity index (χ1n) is 8.74. The van der Waals surface area contributed by atoms with Crippen LogP contribution in [0.2, 0.25) is 0 Å². The van der Waals surface area contributed by atoms with Crippen LogP contribution in [0.3, 0.4) is 0 Å². The number of Topliss-reactive ketones (excluding diaryl/α,β-unsaturated/α-hetero) is 1. The molecule has 0 saturated carbocycles. The Hall–Kier alpha value is -2.87. The molecule has 0 fully saturated rings. The van der Waals surface area contributed by atoms with Crippen LogP contribution < -0.4 is 11.3 Å². The maximum absolute atomic E-state index is 13.5. The van der Waals surface area contributed by atoms with Crippen molar-refractivity contribution in [3.05, 3.63) is 61.8 Å². The molecule has 0 saturated heterocycles. The Morgan fingerprint density at radius 1 is 1.29 bits per heavy atom. The molecule has 0 atom stereocenters. The topological polar surface area (TPSA) is 95.0 Å². The highest BCUT2D eigenvalue weighted by Gasteiger charge is 2.22. The van der Waals surface area contributed by atoms with Crippen LogP contribution in [-0.4, -0.2) is 21.2 Å². The molecule has 1 aromatic carbocycles. The Kier molecular flexibility index (Phi) is 5.16. The number of carbonyl (C=O) groups is 2. The maximum atomic E-state index is 13.5. The molecule has 2 aromatic heterocycles. The zero-order chi connectivity index (χ0) is 20.7. The van der Waals surface area contributed by atoms with Gasteiger partial charge >= 0.3 is 0 Å². The quantitative estimate of drug-likeness (QED) is 0.664. The number of aryl methyl sites for hydroxylation is 2. The van der Waals surface area contributed by atoms with Crippen LogP contribution in [0.1, 0.15) is 56.7 Å². The van der Waals surface area contributed by atoms with Gasteiger partial charge in [0.25, 0.3) is 11.5 Å². The average molecular weight is 401 g/mol. The molecule has 2 heterocycles. The lowest BCUT2D eigenvalue weighted by molar-refractivity contribution is 0.0967. The number of thiophene rings is 1. The van der Waals surface area contributed by atoms with E-state index in [9.17, 15) is 18.8 Å². The Balaban J connectivity index is 2.17. The summed E-state index contributed by atoms with van der Waals surface area (Å²) in [5.74, 6) is -1.01. The summed E-state index contributed by atoms with van der Waals surface area (Å²) in [7, 11) is 0. The Bertz CT molecular complexity index is 1180. The van der Waals surface area contributed by atoms with Crippen molar-refractivity contribution in [2.45, 2.75) is 40.2 Å². The van der Waals surface area contributed by atoms with E-state index in [0.29, 0.717) is 32.7 Å². The number of halogens is 1. The van der Waals surface area contributed by atoms with Crippen molar-refractivity contribution in [3.8, 4) is 0 Å². The van der Waals surface area contributed by atoms with Crippen LogP contribution in [0, 0.1) is 19.7 Å². The SMILES string of the molecule is Cc1cc(C(=O)Cn2c(C(C)C)nc3sc(C(N)=O)c(C)c3c2=O)ccc1F. The fraction of sp³-hybridized carbons (Fsp3) is 0.300. The highest BCUT2D eigenvalue weighted by Crippen LogP contribution is 2.28. The predicted octanol–water partition coefficient (Wildman–Crippen LogP) is 3.32. The van der Waals surface area contributed by atoms with Gasteiger partial charge in [-0.2, -0.15) is 0 Å². The maximum Gasteiger partial charge on any atom is 0.263 e. The molecule has 2 N–H and O–H groups in total. The summed E-state index contributed by atoms with van der Waals surface area (Å²) in [6.45, 7) is 6.73. The molecule has 0 spiro atoms. The first kappa shape index (κ1) is 19.9. The van der Waals surface area contributed by atoms with Gasteiger partial charge in [-0.15, -0.1) is 11.3 Å². The Labute approximate surface area is 164 Å². The number of aromatic nitrogens is 2. The third-order valence-corrected chi connectivity index (χ3v) is 5.80. The lowest BCUT2D eigenvalue weighted by Gasteiger charge is -2.14. The molecule has 0 radical (unpaired) electrons. The molecule has 8 heteroatoms. The van der Waals surface area contributed by atoms with E-state index in [2.05, 4.69) is 4.98 Å². The number of benzene rings is 1. The van der Waals surface area contributed by atoms with E-state index in [1.54, 1.807) is 13.8 Å². The van der Waals surface area contributed by atoms with E-state index in [1.165, 1.54) is 22.8 Å². The molecule has 0 aliphatic carbocycles. The van der Waals surface area contributed by atoms with Crippen LogP contribution in [-0.2, 0) is 6.54 Å². The number of amides is 1. The van der Waals surface area contributed by atoms with Gasteiger partial charge in [-0.25, -0.2) is 9.37 Å². The smallest absolute Gasteiger partial charge is 0.263 e. The predicted molar refractivity (Wildman–Crippen MR) is 107 cm³/mol. The zero-order valence-electron chi connectivity index (χ0n) is 16.0. The zero-order valence-corrected chi connectivity index (χ0v) is 16.8. The van der Waals surface area contributed by atoms with Crippen molar-refractivity contribution in [2.75, 3.05) is 0 Å². The third-order valence-electron chi connectivity index (χ3n) is 4.60. The first-order chi connectivity index (χ1) is 13.1. The molecule has 0 aliphatic rings. The van der Waals surface area contributed by atoms with E-state index < -0.39 is 11.7 Å². The molecule has 146 valence electrons. The lowest BCUT2D eigenvalue weighted by atomic mass is 10.1. The van der Waals surface area contributed by atoms with Crippen molar-refractivity contribution >= 4 is 33.2 Å². The van der Waals surface area contributed by atoms with Gasteiger partial charge in [0.05, 0.1) is 16.8 Å². The molecule has 28 heavy (non-hydrogen) atoms. The molecular formula is C20H20FN3O3S. The minimum atomic E-state index is -0.615. The Morgan fingerprint density at radius 3 is 2.54 bits per heavy atom. The monoisotopic (exact) mass is 401 g/mol. The van der Waals surface area contributed by atoms with Crippen LogP contribution >= 0.6 is 11.3 Å².